The lowest BCUT2D eigenvalue weighted by atomic mass is 9.52. The van der Waals surface area contributed by atoms with E-state index in [-0.39, 0.29) is 29.1 Å². The van der Waals surface area contributed by atoms with Gasteiger partial charge in [0.05, 0.1) is 5.56 Å². The number of ether oxygens (including phenoxy) is 1. The summed E-state index contributed by atoms with van der Waals surface area (Å²) in [6, 6.07) is 7.41. The molecule has 0 aromatic heterocycles. The lowest BCUT2D eigenvalue weighted by molar-refractivity contribution is -0.167. The molecule has 4 aliphatic rings. The van der Waals surface area contributed by atoms with Gasteiger partial charge in [0.2, 0.25) is 5.91 Å². The number of carbonyl (C=O) groups is 2. The number of hydrogen-bond acceptors (Lipinski definition) is 4. The Morgan fingerprint density at radius 1 is 1.37 bits per heavy atom. The fraction of sp³-hybridized carbons (Fsp3) is 0.619. The number of para-hydroxylation sites is 1. The molecule has 0 saturated heterocycles. The molecule has 2 N–H and O–H groups in total. The average molecular weight is 371 g/mol. The molecular weight excluding hydrogens is 342 g/mol. The molecule has 3 aliphatic carbocycles. The Kier molecular flexibility index (Phi) is 4.41. The maximum absolute atomic E-state index is 12.9. The van der Waals surface area contributed by atoms with Gasteiger partial charge in [0.1, 0.15) is 5.75 Å². The van der Waals surface area contributed by atoms with Crippen LogP contribution in [0.25, 0.3) is 0 Å². The van der Waals surface area contributed by atoms with Crippen LogP contribution in [0.3, 0.4) is 0 Å². The van der Waals surface area contributed by atoms with Gasteiger partial charge in [0, 0.05) is 31.3 Å². The zero-order valence-electron chi connectivity index (χ0n) is 16.4. The number of nitrogens with one attached hydrogen (secondary N) is 2. The molecular formula is C21H29N3O3. The topological polar surface area (TPSA) is 70.7 Å². The maximum atomic E-state index is 12.9. The molecule has 146 valence electrons. The molecule has 5 rings (SSSR count). The van der Waals surface area contributed by atoms with Gasteiger partial charge in [0.25, 0.3) is 5.91 Å². The van der Waals surface area contributed by atoms with Crippen LogP contribution < -0.4 is 15.4 Å². The highest BCUT2D eigenvalue weighted by atomic mass is 16.5. The van der Waals surface area contributed by atoms with Gasteiger partial charge in [-0.25, -0.2) is 0 Å². The zero-order chi connectivity index (χ0) is 19.2. The molecule has 2 amide bonds. The highest BCUT2D eigenvalue weighted by molar-refractivity contribution is 5.98. The van der Waals surface area contributed by atoms with Crippen LogP contribution in [0.1, 0.15) is 43.0 Å². The Labute approximate surface area is 160 Å². The number of rotatable bonds is 4. The summed E-state index contributed by atoms with van der Waals surface area (Å²) in [5, 5.41) is 6.26. The Bertz CT molecular complexity index is 765. The van der Waals surface area contributed by atoms with Crippen LogP contribution in [-0.4, -0.2) is 49.6 Å². The third kappa shape index (κ3) is 3.10. The molecule has 1 aromatic carbocycles. The van der Waals surface area contributed by atoms with Crippen molar-refractivity contribution < 1.29 is 14.3 Å². The van der Waals surface area contributed by atoms with Gasteiger partial charge < -0.3 is 20.3 Å². The SMILES string of the molecule is CN(C)CCNC(=O)[C@H]1C[C@@H]2CC[C@@]1(C)C[C@@]21NC(=O)c2ccccc2O1. The largest absolute Gasteiger partial charge is 0.467 e. The number of nitrogens with zero attached hydrogens (tertiary/aromatic N) is 1. The molecule has 3 fully saturated rings. The van der Waals surface area contributed by atoms with E-state index in [1.165, 1.54) is 0 Å². The second-order valence-corrected chi connectivity index (χ2v) is 8.89. The summed E-state index contributed by atoms with van der Waals surface area (Å²) in [6.45, 7) is 3.67. The first-order valence-electron chi connectivity index (χ1n) is 9.86. The van der Waals surface area contributed by atoms with E-state index in [1.807, 2.05) is 32.3 Å². The van der Waals surface area contributed by atoms with E-state index in [0.29, 0.717) is 24.3 Å². The standard InChI is InChI=1S/C21H29N3O3/c1-20-9-8-14(12-16(20)19(26)22-10-11-24(2)3)21(13-20)23-18(25)15-6-4-5-7-17(15)27-21/h4-7,14,16H,8-13H2,1-3H3,(H,22,26)(H,23,25)/t14-,16+,20-,21-/m0/s1. The number of carbonyl (C=O) groups excluding carboxylic acids is 2. The van der Waals surface area contributed by atoms with Crippen LogP contribution >= 0.6 is 0 Å². The summed E-state index contributed by atoms with van der Waals surface area (Å²) >= 11 is 0. The van der Waals surface area contributed by atoms with Crippen molar-refractivity contribution in [3.8, 4) is 5.75 Å². The first-order valence-corrected chi connectivity index (χ1v) is 9.86. The van der Waals surface area contributed by atoms with Gasteiger partial charge in [-0.3, -0.25) is 9.59 Å². The molecule has 3 saturated carbocycles. The van der Waals surface area contributed by atoms with E-state index in [4.69, 9.17) is 4.74 Å². The minimum absolute atomic E-state index is 0.0262. The minimum Gasteiger partial charge on any atom is -0.467 e. The second kappa shape index (κ2) is 6.51. The van der Waals surface area contributed by atoms with Crippen molar-refractivity contribution in [2.75, 3.05) is 27.2 Å². The van der Waals surface area contributed by atoms with Crippen LogP contribution in [0.5, 0.6) is 5.75 Å². The highest BCUT2D eigenvalue weighted by Gasteiger charge is 2.61. The van der Waals surface area contributed by atoms with Gasteiger partial charge in [-0.05, 0) is 50.9 Å². The van der Waals surface area contributed by atoms with Crippen molar-refractivity contribution in [1.82, 2.24) is 15.5 Å². The first-order chi connectivity index (χ1) is 12.8. The molecule has 1 heterocycles. The van der Waals surface area contributed by atoms with Gasteiger partial charge in [-0.1, -0.05) is 19.1 Å². The van der Waals surface area contributed by atoms with Crippen LogP contribution in [0, 0.1) is 17.3 Å². The summed E-state index contributed by atoms with van der Waals surface area (Å²) < 4.78 is 6.40. The zero-order valence-corrected chi connectivity index (χ0v) is 16.4. The van der Waals surface area contributed by atoms with Crippen LogP contribution in [0.15, 0.2) is 24.3 Å². The van der Waals surface area contributed by atoms with Crippen LogP contribution in [0.2, 0.25) is 0 Å². The maximum Gasteiger partial charge on any atom is 0.258 e. The van der Waals surface area contributed by atoms with Crippen molar-refractivity contribution in [2.24, 2.45) is 17.3 Å². The predicted molar refractivity (Wildman–Crippen MR) is 102 cm³/mol. The van der Waals surface area contributed by atoms with Gasteiger partial charge in [0.15, 0.2) is 5.72 Å². The summed E-state index contributed by atoms with van der Waals surface area (Å²) in [7, 11) is 4.00. The number of amides is 2. The number of likely N-dealkylation sites (N-methyl/N-ethyl adjacent to an activating group) is 1. The van der Waals surface area contributed by atoms with Crippen molar-refractivity contribution in [3.63, 3.8) is 0 Å². The Balaban J connectivity index is 1.53. The normalized spacial score (nSPS) is 34.1. The van der Waals surface area contributed by atoms with E-state index < -0.39 is 5.72 Å². The Morgan fingerprint density at radius 2 is 2.15 bits per heavy atom. The van der Waals surface area contributed by atoms with E-state index in [2.05, 4.69) is 22.5 Å². The second-order valence-electron chi connectivity index (χ2n) is 8.89. The summed E-state index contributed by atoms with van der Waals surface area (Å²) in [6.07, 6.45) is 3.40. The molecule has 4 atom stereocenters. The lowest BCUT2D eigenvalue weighted by Crippen LogP contribution is -2.69. The number of fused-ring (bicyclic) bond motifs is 3. The van der Waals surface area contributed by atoms with Gasteiger partial charge in [-0.15, -0.1) is 0 Å². The highest BCUT2D eigenvalue weighted by Crippen LogP contribution is 2.58. The molecule has 1 spiro atoms. The van der Waals surface area contributed by atoms with E-state index in [9.17, 15) is 9.59 Å². The van der Waals surface area contributed by atoms with E-state index in [1.54, 1.807) is 6.07 Å². The molecule has 27 heavy (non-hydrogen) atoms. The quantitative estimate of drug-likeness (QED) is 0.849. The van der Waals surface area contributed by atoms with Gasteiger partial charge >= 0.3 is 0 Å². The van der Waals surface area contributed by atoms with Gasteiger partial charge in [-0.2, -0.15) is 0 Å². The molecule has 6 nitrogen and oxygen atoms in total. The van der Waals surface area contributed by atoms with Crippen molar-refractivity contribution in [1.29, 1.82) is 0 Å². The molecule has 1 aromatic rings. The van der Waals surface area contributed by atoms with Crippen LogP contribution in [-0.2, 0) is 4.79 Å². The fourth-order valence-corrected chi connectivity index (χ4v) is 5.18. The fourth-order valence-electron chi connectivity index (χ4n) is 5.18. The predicted octanol–water partition coefficient (Wildman–Crippen LogP) is 2.01. The molecule has 0 radical (unpaired) electrons. The van der Waals surface area contributed by atoms with Crippen molar-refractivity contribution >= 4 is 11.8 Å². The van der Waals surface area contributed by atoms with Crippen molar-refractivity contribution in [2.45, 2.75) is 38.3 Å². The number of hydrogen-bond donors (Lipinski definition) is 2. The smallest absolute Gasteiger partial charge is 0.258 e. The third-order valence-electron chi connectivity index (χ3n) is 6.67. The number of benzene rings is 1. The van der Waals surface area contributed by atoms with Crippen molar-refractivity contribution in [3.05, 3.63) is 29.8 Å². The Hall–Kier alpha value is -2.08. The van der Waals surface area contributed by atoms with E-state index >= 15 is 0 Å². The lowest BCUT2D eigenvalue weighted by Gasteiger charge is -2.59. The molecule has 6 heteroatoms. The van der Waals surface area contributed by atoms with Crippen LogP contribution in [0.4, 0.5) is 0 Å². The average Bonchev–Trinajstić information content (AvgIpc) is 2.60. The third-order valence-corrected chi connectivity index (χ3v) is 6.67. The Morgan fingerprint density at radius 3 is 2.89 bits per heavy atom. The molecule has 0 unspecified atom stereocenters. The summed E-state index contributed by atoms with van der Waals surface area (Å²) in [4.78, 5) is 27.6. The monoisotopic (exact) mass is 371 g/mol. The minimum atomic E-state index is -0.682. The summed E-state index contributed by atoms with van der Waals surface area (Å²) in [5.41, 5.74) is -0.261. The molecule has 2 bridgehead atoms. The van der Waals surface area contributed by atoms with E-state index in [0.717, 1.165) is 25.8 Å². The summed E-state index contributed by atoms with van der Waals surface area (Å²) in [5.74, 6) is 0.855. The molecule has 1 aliphatic heterocycles. The first kappa shape index (κ1) is 18.3.